The van der Waals surface area contributed by atoms with Crippen LogP contribution >= 0.6 is 0 Å². The first-order chi connectivity index (χ1) is 6.15. The Morgan fingerprint density at radius 2 is 2.38 bits per heavy atom. The lowest BCUT2D eigenvalue weighted by molar-refractivity contribution is 0.232. The van der Waals surface area contributed by atoms with Crippen LogP contribution in [0.3, 0.4) is 0 Å². The first kappa shape index (κ1) is 9.64. The molecule has 1 N–H and O–H groups in total. The van der Waals surface area contributed by atoms with Crippen molar-refractivity contribution in [3.63, 3.8) is 0 Å². The number of hydrogen-bond donors (Lipinski definition) is 1. The topological polar surface area (TPSA) is 53.9 Å². The van der Waals surface area contributed by atoms with Gasteiger partial charge in [-0.05, 0) is 19.4 Å². The van der Waals surface area contributed by atoms with Gasteiger partial charge in [0.15, 0.2) is 0 Å². The fourth-order valence-electron chi connectivity index (χ4n) is 0.915. The van der Waals surface area contributed by atoms with Gasteiger partial charge in [0, 0.05) is 18.3 Å². The molecular formula is C9H13N2O2. The molecule has 0 spiro atoms. The van der Waals surface area contributed by atoms with E-state index < -0.39 is 0 Å². The number of amides is 1. The quantitative estimate of drug-likeness (QED) is 0.745. The number of carbonyl (C=O) groups is 1. The second kappa shape index (κ2) is 3.98. The van der Waals surface area contributed by atoms with E-state index in [1.54, 1.807) is 6.07 Å². The molecule has 0 aromatic carbocycles. The molecule has 4 heteroatoms. The largest absolute Gasteiger partial charge is 0.335 e. The van der Waals surface area contributed by atoms with E-state index in [2.05, 4.69) is 5.32 Å². The predicted octanol–water partition coefficient (Wildman–Crippen LogP) is 1.99. The van der Waals surface area contributed by atoms with Crippen LogP contribution in [0.1, 0.15) is 20.3 Å². The molecule has 0 aliphatic carbocycles. The minimum Gasteiger partial charge on any atom is -0.335 e. The molecule has 0 aliphatic rings. The minimum atomic E-state index is -0.357. The molecule has 1 heterocycles. The maximum absolute atomic E-state index is 11.3. The van der Waals surface area contributed by atoms with Gasteiger partial charge < -0.3 is 5.32 Å². The number of hydrogen-bond acceptors (Lipinski definition) is 1. The summed E-state index contributed by atoms with van der Waals surface area (Å²) in [6.07, 6.45) is 2.31. The molecule has 1 aromatic rings. The molecule has 1 rings (SSSR count). The third kappa shape index (κ3) is 2.24. The molecule has 0 saturated heterocycles. The minimum absolute atomic E-state index is 0.0919. The van der Waals surface area contributed by atoms with Gasteiger partial charge in [-0.2, -0.15) is 0 Å². The Balaban J connectivity index is 2.64. The molecule has 4 nitrogen and oxygen atoms in total. The van der Waals surface area contributed by atoms with Gasteiger partial charge in [0.2, 0.25) is 0 Å². The number of carbonyl (C=O) groups excluding carboxylic acids is 1. The predicted molar refractivity (Wildman–Crippen MR) is 48.2 cm³/mol. The van der Waals surface area contributed by atoms with Gasteiger partial charge in [-0.15, -0.1) is 0 Å². The van der Waals surface area contributed by atoms with Gasteiger partial charge >= 0.3 is 6.03 Å². The lowest BCUT2D eigenvalue weighted by Crippen LogP contribution is -2.34. The molecule has 1 aromatic heterocycles. The summed E-state index contributed by atoms with van der Waals surface area (Å²) in [6.45, 7) is 3.87. The van der Waals surface area contributed by atoms with E-state index in [-0.39, 0.29) is 18.0 Å². The lowest BCUT2D eigenvalue weighted by Gasteiger charge is -2.11. The van der Waals surface area contributed by atoms with Gasteiger partial charge in [-0.3, -0.25) is 5.11 Å². The van der Waals surface area contributed by atoms with Crippen LogP contribution in [0.15, 0.2) is 18.3 Å². The summed E-state index contributed by atoms with van der Waals surface area (Å²) in [6, 6.07) is 2.65. The summed E-state index contributed by atoms with van der Waals surface area (Å²) >= 11 is 0. The van der Waals surface area contributed by atoms with Crippen molar-refractivity contribution in [2.24, 2.45) is 0 Å². The van der Waals surface area contributed by atoms with E-state index in [9.17, 15) is 9.90 Å². The average molecular weight is 181 g/mol. The highest BCUT2D eigenvalue weighted by Gasteiger charge is 2.10. The van der Waals surface area contributed by atoms with Crippen LogP contribution in [-0.2, 0) is 5.11 Å². The van der Waals surface area contributed by atoms with Crippen LogP contribution in [0, 0.1) is 0 Å². The van der Waals surface area contributed by atoms with Crippen LogP contribution in [-0.4, -0.2) is 16.6 Å². The van der Waals surface area contributed by atoms with Crippen molar-refractivity contribution < 1.29 is 9.90 Å². The van der Waals surface area contributed by atoms with E-state index in [0.29, 0.717) is 0 Å². The van der Waals surface area contributed by atoms with Crippen molar-refractivity contribution in [1.82, 2.24) is 9.88 Å². The summed E-state index contributed by atoms with van der Waals surface area (Å²) in [5.41, 5.74) is 0. The Labute approximate surface area is 77.2 Å². The summed E-state index contributed by atoms with van der Waals surface area (Å²) in [7, 11) is 0. The van der Waals surface area contributed by atoms with Gasteiger partial charge in [0.05, 0.1) is 0 Å². The van der Waals surface area contributed by atoms with E-state index in [1.807, 2.05) is 13.8 Å². The van der Waals surface area contributed by atoms with Gasteiger partial charge in [0.25, 0.3) is 5.88 Å². The molecule has 0 saturated carbocycles. The van der Waals surface area contributed by atoms with Gasteiger partial charge in [0.1, 0.15) is 0 Å². The van der Waals surface area contributed by atoms with Gasteiger partial charge in [-0.25, -0.2) is 9.36 Å². The van der Waals surface area contributed by atoms with Crippen molar-refractivity contribution >= 4 is 6.03 Å². The molecule has 13 heavy (non-hydrogen) atoms. The molecule has 1 amide bonds. The Morgan fingerprint density at radius 3 is 2.85 bits per heavy atom. The molecule has 0 bridgehead atoms. The van der Waals surface area contributed by atoms with Crippen LogP contribution < -0.4 is 5.32 Å². The Bertz CT molecular complexity index is 294. The van der Waals surface area contributed by atoms with Gasteiger partial charge in [-0.1, -0.05) is 6.92 Å². The van der Waals surface area contributed by atoms with Crippen molar-refractivity contribution in [2.45, 2.75) is 26.3 Å². The third-order valence-corrected chi connectivity index (χ3v) is 1.91. The fraction of sp³-hybridized carbons (Fsp3) is 0.444. The zero-order valence-electron chi connectivity index (χ0n) is 7.78. The molecule has 0 aliphatic heterocycles. The zero-order chi connectivity index (χ0) is 9.84. The highest BCUT2D eigenvalue weighted by molar-refractivity contribution is 5.78. The maximum atomic E-state index is 11.3. The normalized spacial score (nSPS) is 12.5. The van der Waals surface area contributed by atoms with Crippen molar-refractivity contribution in [3.8, 4) is 5.88 Å². The molecule has 71 valence electrons. The Kier molecular flexibility index (Phi) is 2.95. The van der Waals surface area contributed by atoms with E-state index in [0.717, 1.165) is 11.0 Å². The second-order valence-electron chi connectivity index (χ2n) is 2.98. The van der Waals surface area contributed by atoms with E-state index in [4.69, 9.17) is 0 Å². The molecule has 1 unspecified atom stereocenters. The number of nitrogens with one attached hydrogen (secondary N) is 1. The first-order valence-corrected chi connectivity index (χ1v) is 4.30. The monoisotopic (exact) mass is 181 g/mol. The highest BCUT2D eigenvalue weighted by Crippen LogP contribution is 2.09. The van der Waals surface area contributed by atoms with Crippen molar-refractivity contribution in [1.29, 1.82) is 0 Å². The maximum Gasteiger partial charge on any atom is 0.328 e. The third-order valence-electron chi connectivity index (χ3n) is 1.91. The van der Waals surface area contributed by atoms with E-state index >= 15 is 0 Å². The van der Waals surface area contributed by atoms with Crippen LogP contribution in [0.5, 0.6) is 5.88 Å². The summed E-state index contributed by atoms with van der Waals surface area (Å²) < 4.78 is 1.06. The molecule has 0 fully saturated rings. The SMILES string of the molecule is CCC(C)NC(=O)n1cccc1[O]. The second-order valence-corrected chi connectivity index (χ2v) is 2.98. The smallest absolute Gasteiger partial charge is 0.328 e. The number of aromatic nitrogens is 1. The van der Waals surface area contributed by atoms with E-state index in [1.165, 1.54) is 12.3 Å². The Morgan fingerprint density at radius 1 is 1.69 bits per heavy atom. The van der Waals surface area contributed by atoms with Crippen LogP contribution in [0.25, 0.3) is 0 Å². The molecular weight excluding hydrogens is 168 g/mol. The fourth-order valence-corrected chi connectivity index (χ4v) is 0.915. The highest BCUT2D eigenvalue weighted by atomic mass is 16.3. The molecule has 1 radical (unpaired) electrons. The number of nitrogens with zero attached hydrogens (tertiary/aromatic N) is 1. The summed E-state index contributed by atoms with van der Waals surface area (Å²) in [5.74, 6) is -0.291. The van der Waals surface area contributed by atoms with Crippen molar-refractivity contribution in [3.05, 3.63) is 18.3 Å². The average Bonchev–Trinajstić information content (AvgIpc) is 2.51. The van der Waals surface area contributed by atoms with Crippen LogP contribution in [0.2, 0.25) is 0 Å². The lowest BCUT2D eigenvalue weighted by atomic mass is 10.3. The number of rotatable bonds is 2. The standard InChI is InChI=1S/C9H13N2O2/c1-3-7(2)10-9(13)11-6-4-5-8(11)12/h4-7H,3H2,1-2H3,(H,10,13). The Hall–Kier alpha value is -1.45. The summed E-state index contributed by atoms with van der Waals surface area (Å²) in [5, 5.41) is 13.7. The first-order valence-electron chi connectivity index (χ1n) is 4.30. The van der Waals surface area contributed by atoms with Crippen molar-refractivity contribution in [2.75, 3.05) is 0 Å². The molecule has 1 atom stereocenters. The van der Waals surface area contributed by atoms with Crippen LogP contribution in [0.4, 0.5) is 4.79 Å². The zero-order valence-corrected chi connectivity index (χ0v) is 7.78. The summed E-state index contributed by atoms with van der Waals surface area (Å²) in [4.78, 5) is 11.3.